The van der Waals surface area contributed by atoms with Gasteiger partial charge in [-0.3, -0.25) is 9.67 Å². The van der Waals surface area contributed by atoms with E-state index in [0.717, 1.165) is 28.8 Å². The lowest BCUT2D eigenvalue weighted by Gasteiger charge is -2.20. The Kier molecular flexibility index (Phi) is 4.96. The van der Waals surface area contributed by atoms with Gasteiger partial charge in [0.1, 0.15) is 0 Å². The molecule has 6 heteroatoms. The van der Waals surface area contributed by atoms with Gasteiger partial charge in [-0.2, -0.15) is 5.10 Å². The molecule has 1 atom stereocenters. The van der Waals surface area contributed by atoms with Crippen molar-refractivity contribution < 1.29 is 0 Å². The molecule has 0 saturated carbocycles. The molecule has 0 aliphatic rings. The second-order valence-corrected chi connectivity index (χ2v) is 5.52. The van der Waals surface area contributed by atoms with Crippen LogP contribution in [0.5, 0.6) is 0 Å². The van der Waals surface area contributed by atoms with E-state index in [1.54, 1.807) is 17.1 Å². The topological polar surface area (TPSA) is 42.7 Å². The smallest absolute Gasteiger partial charge is 0.0948 e. The van der Waals surface area contributed by atoms with Crippen LogP contribution in [0.1, 0.15) is 30.8 Å². The predicted molar refractivity (Wildman–Crippen MR) is 80.3 cm³/mol. The molecule has 0 bridgehead atoms. The first kappa shape index (κ1) is 14.5. The number of aromatic nitrogens is 3. The van der Waals surface area contributed by atoms with Crippen molar-refractivity contribution >= 4 is 27.5 Å². The van der Waals surface area contributed by atoms with Crippen LogP contribution < -0.4 is 5.32 Å². The largest absolute Gasteiger partial charge is 0.304 e. The average molecular weight is 344 g/mol. The lowest BCUT2D eigenvalue weighted by atomic mass is 10.1. The molecule has 0 fully saturated rings. The van der Waals surface area contributed by atoms with Crippen LogP contribution in [-0.4, -0.2) is 21.3 Å². The third kappa shape index (κ3) is 3.16. The second kappa shape index (κ2) is 6.50. The number of halogens is 2. The molecule has 1 N–H and O–H groups in total. The van der Waals surface area contributed by atoms with Gasteiger partial charge >= 0.3 is 0 Å². The van der Waals surface area contributed by atoms with Gasteiger partial charge in [0.05, 0.1) is 28.6 Å². The van der Waals surface area contributed by atoms with E-state index in [1.165, 1.54) is 0 Å². The van der Waals surface area contributed by atoms with Crippen LogP contribution in [0, 0.1) is 0 Å². The SMILES string of the molecule is CCCNC(c1ncccc1Br)c1c(Cl)cnn1C. The minimum atomic E-state index is -0.0736. The summed E-state index contributed by atoms with van der Waals surface area (Å²) in [5.41, 5.74) is 1.84. The Hall–Kier alpha value is -0.910. The van der Waals surface area contributed by atoms with Crippen LogP contribution in [0.4, 0.5) is 0 Å². The molecule has 4 nitrogen and oxygen atoms in total. The maximum Gasteiger partial charge on any atom is 0.0948 e. The monoisotopic (exact) mass is 342 g/mol. The van der Waals surface area contributed by atoms with Crippen LogP contribution in [-0.2, 0) is 7.05 Å². The van der Waals surface area contributed by atoms with E-state index in [-0.39, 0.29) is 6.04 Å². The first-order valence-electron chi connectivity index (χ1n) is 6.16. The van der Waals surface area contributed by atoms with Crippen LogP contribution >= 0.6 is 27.5 Å². The summed E-state index contributed by atoms with van der Waals surface area (Å²) in [5, 5.41) is 8.32. The number of rotatable bonds is 5. The van der Waals surface area contributed by atoms with Gasteiger partial charge in [0.15, 0.2) is 0 Å². The lowest BCUT2D eigenvalue weighted by Crippen LogP contribution is -2.26. The van der Waals surface area contributed by atoms with Crippen LogP contribution in [0.15, 0.2) is 29.0 Å². The number of nitrogens with zero attached hydrogens (tertiary/aromatic N) is 3. The molecule has 2 aromatic rings. The fraction of sp³-hybridized carbons (Fsp3) is 0.385. The summed E-state index contributed by atoms with van der Waals surface area (Å²) in [7, 11) is 1.89. The Morgan fingerprint density at radius 3 is 2.89 bits per heavy atom. The zero-order valence-electron chi connectivity index (χ0n) is 10.9. The molecule has 102 valence electrons. The van der Waals surface area contributed by atoms with Gasteiger partial charge in [-0.25, -0.2) is 0 Å². The van der Waals surface area contributed by atoms with Crippen molar-refractivity contribution in [1.29, 1.82) is 0 Å². The summed E-state index contributed by atoms with van der Waals surface area (Å²) in [4.78, 5) is 4.46. The van der Waals surface area contributed by atoms with Crippen molar-refractivity contribution in [3.63, 3.8) is 0 Å². The molecule has 0 aromatic carbocycles. The Morgan fingerprint density at radius 2 is 2.32 bits per heavy atom. The van der Waals surface area contributed by atoms with Gasteiger partial charge in [0, 0.05) is 17.7 Å². The maximum atomic E-state index is 6.25. The molecule has 2 aromatic heterocycles. The third-order valence-electron chi connectivity index (χ3n) is 2.87. The molecule has 19 heavy (non-hydrogen) atoms. The molecule has 0 aliphatic heterocycles. The van der Waals surface area contributed by atoms with Crippen molar-refractivity contribution in [2.75, 3.05) is 6.54 Å². The maximum absolute atomic E-state index is 6.25. The van der Waals surface area contributed by atoms with Gasteiger partial charge in [-0.1, -0.05) is 18.5 Å². The first-order valence-corrected chi connectivity index (χ1v) is 7.33. The van der Waals surface area contributed by atoms with Crippen LogP contribution in [0.3, 0.4) is 0 Å². The fourth-order valence-corrected chi connectivity index (χ4v) is 2.73. The predicted octanol–water partition coefficient (Wildman–Crippen LogP) is 3.32. The van der Waals surface area contributed by atoms with E-state index in [1.807, 2.05) is 19.2 Å². The summed E-state index contributed by atoms with van der Waals surface area (Å²) in [6.07, 6.45) is 4.48. The first-order chi connectivity index (χ1) is 9.15. The highest BCUT2D eigenvalue weighted by atomic mass is 79.9. The summed E-state index contributed by atoms with van der Waals surface area (Å²) in [6.45, 7) is 3.01. The van der Waals surface area contributed by atoms with E-state index in [0.29, 0.717) is 5.02 Å². The molecule has 0 spiro atoms. The number of hydrogen-bond acceptors (Lipinski definition) is 3. The van der Waals surface area contributed by atoms with Gasteiger partial charge in [0.25, 0.3) is 0 Å². The van der Waals surface area contributed by atoms with E-state index in [2.05, 4.69) is 38.3 Å². The molecule has 1 unspecified atom stereocenters. The fourth-order valence-electron chi connectivity index (χ4n) is 1.97. The van der Waals surface area contributed by atoms with Crippen molar-refractivity contribution in [1.82, 2.24) is 20.1 Å². The Labute approximate surface area is 126 Å². The Morgan fingerprint density at radius 1 is 1.53 bits per heavy atom. The van der Waals surface area contributed by atoms with Crippen molar-refractivity contribution in [2.24, 2.45) is 7.05 Å². The Balaban J connectivity index is 2.45. The highest BCUT2D eigenvalue weighted by molar-refractivity contribution is 9.10. The minimum Gasteiger partial charge on any atom is -0.304 e. The highest BCUT2D eigenvalue weighted by Crippen LogP contribution is 2.30. The highest BCUT2D eigenvalue weighted by Gasteiger charge is 2.23. The number of nitrogens with one attached hydrogen (secondary N) is 1. The molecular weight excluding hydrogens is 328 g/mol. The van der Waals surface area contributed by atoms with Gasteiger partial charge in [-0.15, -0.1) is 0 Å². The van der Waals surface area contributed by atoms with E-state index in [4.69, 9.17) is 11.6 Å². The number of hydrogen-bond donors (Lipinski definition) is 1. The second-order valence-electron chi connectivity index (χ2n) is 4.26. The van der Waals surface area contributed by atoms with Gasteiger partial charge in [-0.05, 0) is 41.0 Å². The summed E-state index contributed by atoms with van der Waals surface area (Å²) >= 11 is 9.80. The quantitative estimate of drug-likeness (QED) is 0.905. The van der Waals surface area contributed by atoms with Crippen molar-refractivity contribution in [3.05, 3.63) is 45.4 Å². The number of aryl methyl sites for hydroxylation is 1. The zero-order valence-corrected chi connectivity index (χ0v) is 13.2. The normalized spacial score (nSPS) is 12.6. The molecule has 2 rings (SSSR count). The van der Waals surface area contributed by atoms with Gasteiger partial charge < -0.3 is 5.32 Å². The summed E-state index contributed by atoms with van der Waals surface area (Å²) < 4.78 is 2.75. The summed E-state index contributed by atoms with van der Waals surface area (Å²) in [6, 6.07) is 3.80. The zero-order chi connectivity index (χ0) is 13.8. The van der Waals surface area contributed by atoms with Crippen LogP contribution in [0.2, 0.25) is 5.02 Å². The van der Waals surface area contributed by atoms with Crippen LogP contribution in [0.25, 0.3) is 0 Å². The Bertz CT molecular complexity index is 536. The summed E-state index contributed by atoms with van der Waals surface area (Å²) in [5.74, 6) is 0. The lowest BCUT2D eigenvalue weighted by molar-refractivity contribution is 0.542. The minimum absolute atomic E-state index is 0.0736. The average Bonchev–Trinajstić information content (AvgIpc) is 2.73. The third-order valence-corrected chi connectivity index (χ3v) is 3.83. The van der Waals surface area contributed by atoms with Gasteiger partial charge in [0.2, 0.25) is 0 Å². The molecular formula is C13H16BrClN4. The standard InChI is InChI=1S/C13H16BrClN4/c1-3-6-16-12(11-9(14)5-4-7-17-11)13-10(15)8-18-19(13)2/h4-5,7-8,12,16H,3,6H2,1-2H3. The van der Waals surface area contributed by atoms with Crippen molar-refractivity contribution in [2.45, 2.75) is 19.4 Å². The molecule has 0 saturated heterocycles. The van der Waals surface area contributed by atoms with E-state index >= 15 is 0 Å². The van der Waals surface area contributed by atoms with E-state index < -0.39 is 0 Å². The molecule has 0 radical (unpaired) electrons. The van der Waals surface area contributed by atoms with Crippen molar-refractivity contribution in [3.8, 4) is 0 Å². The molecule has 0 amide bonds. The van der Waals surface area contributed by atoms with E-state index in [9.17, 15) is 0 Å². The molecule has 0 aliphatic carbocycles. The molecule has 2 heterocycles. The number of pyridine rings is 1.